The number of nitrogens with one attached hydrogen (secondary N) is 2. The molecule has 1 amide bonds. The molecule has 3 rings (SSSR count). The summed E-state index contributed by atoms with van der Waals surface area (Å²) in [6.07, 6.45) is 13.4. The summed E-state index contributed by atoms with van der Waals surface area (Å²) in [7, 11) is -5.54. The van der Waals surface area contributed by atoms with E-state index in [4.69, 9.17) is 4.74 Å². The summed E-state index contributed by atoms with van der Waals surface area (Å²) in [6, 6.07) is -1.29. The number of hydrogen-bond acceptors (Lipinski definition) is 7. The van der Waals surface area contributed by atoms with Crippen LogP contribution in [0.3, 0.4) is 0 Å². The summed E-state index contributed by atoms with van der Waals surface area (Å²) in [5, 5.41) is 12.4. The zero-order valence-electron chi connectivity index (χ0n) is 28.4. The lowest BCUT2D eigenvalue weighted by molar-refractivity contribution is -0.123. The van der Waals surface area contributed by atoms with E-state index in [0.29, 0.717) is 89.1 Å². The second-order valence-corrected chi connectivity index (χ2v) is 18.8. The van der Waals surface area contributed by atoms with Crippen LogP contribution in [-0.2, 0) is 29.6 Å². The maximum Gasteiger partial charge on any atom is 0.238 e. The van der Waals surface area contributed by atoms with Crippen LogP contribution in [0.2, 0.25) is 0 Å². The van der Waals surface area contributed by atoms with Crippen LogP contribution in [0, 0.1) is 17.8 Å². The third kappa shape index (κ3) is 12.0. The molecule has 2 atom stereocenters. The largest absolute Gasteiger partial charge is 0.395 e. The van der Waals surface area contributed by atoms with Crippen molar-refractivity contribution in [2.45, 2.75) is 159 Å². The summed E-state index contributed by atoms with van der Waals surface area (Å²) in [5.74, 6) is 0.722. The molecule has 0 aliphatic heterocycles. The van der Waals surface area contributed by atoms with Gasteiger partial charge in [0.2, 0.25) is 26.0 Å². The van der Waals surface area contributed by atoms with Crippen molar-refractivity contribution in [3.8, 4) is 0 Å². The quantitative estimate of drug-likeness (QED) is 0.178. The molecule has 3 aliphatic carbocycles. The predicted octanol–water partition coefficient (Wildman–Crippen LogP) is 4.72. The van der Waals surface area contributed by atoms with Crippen molar-refractivity contribution in [2.24, 2.45) is 17.8 Å². The first-order valence-electron chi connectivity index (χ1n) is 17.8. The number of ether oxygens (including phenoxy) is 1. The number of aliphatic hydroxyl groups is 1. The molecule has 0 unspecified atom stereocenters. The van der Waals surface area contributed by atoms with Crippen LogP contribution in [0.1, 0.15) is 130 Å². The molecule has 264 valence electrons. The molecule has 0 aromatic heterocycles. The lowest BCUT2D eigenvalue weighted by Gasteiger charge is -2.36. The minimum Gasteiger partial charge on any atom is -0.395 e. The fourth-order valence-corrected chi connectivity index (χ4v) is 11.6. The number of aliphatic hydroxyl groups excluding tert-OH is 1. The van der Waals surface area contributed by atoms with Gasteiger partial charge in [-0.15, -0.1) is 0 Å². The maximum absolute atomic E-state index is 13.7. The van der Waals surface area contributed by atoms with Crippen molar-refractivity contribution < 1.29 is 31.5 Å². The number of hydrogen-bond donors (Lipinski definition) is 3. The van der Waals surface area contributed by atoms with Crippen molar-refractivity contribution in [1.29, 1.82) is 0 Å². The molecule has 10 nitrogen and oxygen atoms in total. The van der Waals surface area contributed by atoms with E-state index in [1.807, 2.05) is 13.8 Å². The second kappa shape index (κ2) is 18.7. The third-order valence-electron chi connectivity index (χ3n) is 10.4. The Labute approximate surface area is 274 Å². The van der Waals surface area contributed by atoms with E-state index in [9.17, 15) is 26.7 Å². The fraction of sp³-hybridized carbons (Fsp3) is 0.970. The Morgan fingerprint density at radius 3 is 2.09 bits per heavy atom. The standard InChI is InChI=1S/C33H63N3O7S2/c1-25(2)23-36(45(41,42)31-17-13-26(3)14-18-31)28(24-37)12-8-9-21-34-33(38)32(22-27-10-6-5-7-11-27)35-44(39,40)30-19-15-29(43-4)16-20-30/h25-32,35,37H,5-24H2,1-4H3,(H,34,38)/t26?,28-,29?,30?,31?,32-/m0/s1. The van der Waals surface area contributed by atoms with Gasteiger partial charge in [0.1, 0.15) is 6.04 Å². The van der Waals surface area contributed by atoms with Crippen molar-refractivity contribution in [3.05, 3.63) is 0 Å². The van der Waals surface area contributed by atoms with E-state index in [0.717, 1.165) is 38.5 Å². The van der Waals surface area contributed by atoms with Crippen LogP contribution in [0.15, 0.2) is 0 Å². The first kappa shape index (κ1) is 38.7. The molecule has 0 aromatic carbocycles. The van der Waals surface area contributed by atoms with Gasteiger partial charge in [0.15, 0.2) is 0 Å². The smallest absolute Gasteiger partial charge is 0.238 e. The van der Waals surface area contributed by atoms with Gasteiger partial charge in [-0.05, 0) is 88.4 Å². The number of carbonyl (C=O) groups excluding carboxylic acids is 1. The molecular weight excluding hydrogens is 615 g/mol. The Balaban J connectivity index is 1.56. The van der Waals surface area contributed by atoms with Gasteiger partial charge >= 0.3 is 0 Å². The maximum atomic E-state index is 13.7. The molecule has 3 fully saturated rings. The molecule has 3 aliphatic rings. The topological polar surface area (TPSA) is 142 Å². The highest BCUT2D eigenvalue weighted by molar-refractivity contribution is 7.90. The van der Waals surface area contributed by atoms with Crippen LogP contribution < -0.4 is 10.0 Å². The molecular formula is C33H63N3O7S2. The minimum absolute atomic E-state index is 0.0943. The van der Waals surface area contributed by atoms with Gasteiger partial charge in [-0.1, -0.05) is 59.3 Å². The first-order chi connectivity index (χ1) is 21.4. The van der Waals surface area contributed by atoms with Crippen molar-refractivity contribution in [1.82, 2.24) is 14.3 Å². The third-order valence-corrected chi connectivity index (χ3v) is 14.8. The highest BCUT2D eigenvalue weighted by Gasteiger charge is 2.38. The number of unbranched alkanes of at least 4 members (excludes halogenated alkanes) is 1. The SMILES string of the molecule is COC1CCC(S(=O)(=O)N[C@@H](CC2CCCCC2)C(=O)NCCCC[C@@H](CO)N(CC(C)C)S(=O)(=O)C2CCC(C)CC2)CC1. The number of sulfonamides is 2. The molecule has 45 heavy (non-hydrogen) atoms. The van der Waals surface area contributed by atoms with Crippen LogP contribution in [-0.4, -0.2) is 87.6 Å². The van der Waals surface area contributed by atoms with Gasteiger partial charge in [0, 0.05) is 26.2 Å². The molecule has 3 saturated carbocycles. The van der Waals surface area contributed by atoms with Crippen LogP contribution >= 0.6 is 0 Å². The van der Waals surface area contributed by atoms with E-state index in [-0.39, 0.29) is 29.8 Å². The van der Waals surface area contributed by atoms with Crippen molar-refractivity contribution in [3.63, 3.8) is 0 Å². The van der Waals surface area contributed by atoms with Crippen molar-refractivity contribution >= 4 is 26.0 Å². The van der Waals surface area contributed by atoms with E-state index in [1.165, 1.54) is 6.42 Å². The van der Waals surface area contributed by atoms with Gasteiger partial charge in [0.25, 0.3) is 0 Å². The van der Waals surface area contributed by atoms with Gasteiger partial charge in [0.05, 0.1) is 23.2 Å². The zero-order chi connectivity index (χ0) is 33.0. The van der Waals surface area contributed by atoms with E-state index < -0.39 is 37.4 Å². The van der Waals surface area contributed by atoms with E-state index in [1.54, 1.807) is 11.4 Å². The molecule has 0 spiro atoms. The number of carbonyl (C=O) groups is 1. The number of methoxy groups -OCH3 is 1. The van der Waals surface area contributed by atoms with Gasteiger partial charge in [-0.3, -0.25) is 4.79 Å². The van der Waals surface area contributed by atoms with Crippen LogP contribution in [0.25, 0.3) is 0 Å². The lowest BCUT2D eigenvalue weighted by Crippen LogP contribution is -2.51. The summed E-state index contributed by atoms with van der Waals surface area (Å²) in [6.45, 7) is 6.68. The summed E-state index contributed by atoms with van der Waals surface area (Å²) < 4.78 is 63.9. The summed E-state index contributed by atoms with van der Waals surface area (Å²) in [5.41, 5.74) is 0. The highest BCUT2D eigenvalue weighted by atomic mass is 32.2. The fourth-order valence-electron chi connectivity index (χ4n) is 7.54. The normalized spacial score (nSPS) is 27.0. The Morgan fingerprint density at radius 2 is 1.51 bits per heavy atom. The van der Waals surface area contributed by atoms with Crippen molar-refractivity contribution in [2.75, 3.05) is 26.8 Å². The van der Waals surface area contributed by atoms with Gasteiger partial charge in [-0.2, -0.15) is 4.31 Å². The summed E-state index contributed by atoms with van der Waals surface area (Å²) in [4.78, 5) is 13.4. The Morgan fingerprint density at radius 1 is 0.889 bits per heavy atom. The zero-order valence-corrected chi connectivity index (χ0v) is 30.1. The van der Waals surface area contributed by atoms with Crippen LogP contribution in [0.4, 0.5) is 0 Å². The Hall–Kier alpha value is -0.790. The van der Waals surface area contributed by atoms with Gasteiger partial charge < -0.3 is 15.2 Å². The molecule has 0 bridgehead atoms. The number of nitrogens with zero attached hydrogens (tertiary/aromatic N) is 1. The molecule has 0 aromatic rings. The lowest BCUT2D eigenvalue weighted by atomic mass is 9.85. The molecule has 3 N–H and O–H groups in total. The Bertz CT molecular complexity index is 1080. The monoisotopic (exact) mass is 677 g/mol. The highest BCUT2D eigenvalue weighted by Crippen LogP contribution is 2.32. The molecule has 0 heterocycles. The summed E-state index contributed by atoms with van der Waals surface area (Å²) >= 11 is 0. The number of amides is 1. The van der Waals surface area contributed by atoms with Gasteiger partial charge in [-0.25, -0.2) is 21.6 Å². The molecule has 0 radical (unpaired) electrons. The Kier molecular flexibility index (Phi) is 16.0. The average molecular weight is 678 g/mol. The molecule has 0 saturated heterocycles. The average Bonchev–Trinajstić information content (AvgIpc) is 3.02. The second-order valence-electron chi connectivity index (χ2n) is 14.6. The number of rotatable bonds is 18. The van der Waals surface area contributed by atoms with E-state index in [2.05, 4.69) is 17.0 Å². The van der Waals surface area contributed by atoms with E-state index >= 15 is 0 Å². The first-order valence-corrected chi connectivity index (χ1v) is 20.8. The molecule has 12 heteroatoms. The predicted molar refractivity (Wildman–Crippen MR) is 180 cm³/mol. The van der Waals surface area contributed by atoms with Crippen LogP contribution in [0.5, 0.6) is 0 Å². The minimum atomic E-state index is -3.66.